The molecule has 40 valence electrons. The highest BCUT2D eigenvalue weighted by Gasteiger charge is 2.08. The Kier molecular flexibility index (Phi) is 2.17. The van der Waals surface area contributed by atoms with Gasteiger partial charge in [-0.2, -0.15) is 0 Å². The molecule has 0 spiro atoms. The van der Waals surface area contributed by atoms with Crippen molar-refractivity contribution in [1.82, 2.24) is 0 Å². The van der Waals surface area contributed by atoms with Crippen molar-refractivity contribution in [2.75, 3.05) is 0 Å². The molecular weight excluding hydrogens is 152 g/mol. The molecule has 0 aromatic carbocycles. The topological polar surface area (TPSA) is 0 Å². The minimum absolute atomic E-state index is 0.598. The van der Waals surface area contributed by atoms with E-state index in [4.69, 9.17) is 0 Å². The lowest BCUT2D eigenvalue weighted by Crippen LogP contribution is -2.04. The summed E-state index contributed by atoms with van der Waals surface area (Å²) in [7, 11) is 0. The van der Waals surface area contributed by atoms with E-state index in [1.807, 2.05) is 0 Å². The van der Waals surface area contributed by atoms with Gasteiger partial charge in [-0.3, -0.25) is 0 Å². The van der Waals surface area contributed by atoms with Crippen molar-refractivity contribution in [2.45, 2.75) is 24.1 Å². The molecule has 0 N–H and O–H groups in total. The molecule has 0 amide bonds. The fourth-order valence-electron chi connectivity index (χ4n) is 0.768. The van der Waals surface area contributed by atoms with Crippen molar-refractivity contribution in [2.24, 2.45) is 0 Å². The molecule has 0 aromatic rings. The Morgan fingerprint density at radius 3 is 2.14 bits per heavy atom. The number of alkyl halides is 1. The SMILES string of the molecule is BrC1[CH]CCC[CH]1. The third-order valence-electron chi connectivity index (χ3n) is 1.19. The summed E-state index contributed by atoms with van der Waals surface area (Å²) >= 11 is 3.48. The molecule has 0 unspecified atom stereocenters. The van der Waals surface area contributed by atoms with Crippen LogP contribution in [0.2, 0.25) is 0 Å². The molecule has 0 saturated heterocycles. The van der Waals surface area contributed by atoms with Crippen molar-refractivity contribution in [3.8, 4) is 0 Å². The maximum atomic E-state index is 3.48. The van der Waals surface area contributed by atoms with Gasteiger partial charge in [0.2, 0.25) is 0 Å². The lowest BCUT2D eigenvalue weighted by Gasteiger charge is -2.13. The molecule has 0 heterocycles. The maximum Gasteiger partial charge on any atom is 0.0208 e. The zero-order valence-electron chi connectivity index (χ0n) is 4.23. The largest absolute Gasteiger partial charge is 0.0884 e. The van der Waals surface area contributed by atoms with Gasteiger partial charge >= 0.3 is 0 Å². The zero-order valence-corrected chi connectivity index (χ0v) is 5.82. The first-order chi connectivity index (χ1) is 3.39. The Bertz CT molecular complexity index is 46.1. The second kappa shape index (κ2) is 2.71. The van der Waals surface area contributed by atoms with Crippen molar-refractivity contribution in [1.29, 1.82) is 0 Å². The highest BCUT2D eigenvalue weighted by molar-refractivity contribution is 9.09. The van der Waals surface area contributed by atoms with Crippen LogP contribution in [0.4, 0.5) is 0 Å². The van der Waals surface area contributed by atoms with Gasteiger partial charge in [0.05, 0.1) is 0 Å². The number of hydrogen-bond acceptors (Lipinski definition) is 0. The van der Waals surface area contributed by atoms with Crippen LogP contribution in [0.3, 0.4) is 0 Å². The van der Waals surface area contributed by atoms with Crippen LogP contribution >= 0.6 is 15.9 Å². The van der Waals surface area contributed by atoms with Crippen molar-refractivity contribution in [3.05, 3.63) is 12.8 Å². The summed E-state index contributed by atoms with van der Waals surface area (Å²) in [6.45, 7) is 0. The third kappa shape index (κ3) is 1.81. The quantitative estimate of drug-likeness (QED) is 0.478. The van der Waals surface area contributed by atoms with Crippen LogP contribution in [0, 0.1) is 12.8 Å². The summed E-state index contributed by atoms with van der Waals surface area (Å²) in [5.41, 5.74) is 0. The first kappa shape index (κ1) is 5.61. The average Bonchev–Trinajstić information content (AvgIpc) is 1.69. The van der Waals surface area contributed by atoms with Gasteiger partial charge in [0, 0.05) is 4.83 Å². The summed E-state index contributed by atoms with van der Waals surface area (Å²) in [5.74, 6) is 0. The highest BCUT2D eigenvalue weighted by atomic mass is 79.9. The van der Waals surface area contributed by atoms with Gasteiger partial charge in [-0.15, -0.1) is 0 Å². The predicted molar refractivity (Wildman–Crippen MR) is 35.2 cm³/mol. The Morgan fingerprint density at radius 1 is 1.29 bits per heavy atom. The lowest BCUT2D eigenvalue weighted by atomic mass is 10.0. The van der Waals surface area contributed by atoms with Crippen molar-refractivity contribution in [3.63, 3.8) is 0 Å². The predicted octanol–water partition coefficient (Wildman–Crippen LogP) is 2.34. The Labute approximate surface area is 53.4 Å². The minimum atomic E-state index is 0.598. The molecule has 0 aromatic heterocycles. The number of rotatable bonds is 0. The van der Waals surface area contributed by atoms with Gasteiger partial charge in [-0.05, 0) is 25.7 Å². The normalized spacial score (nSPS) is 25.3. The second-order valence-electron chi connectivity index (χ2n) is 1.85. The van der Waals surface area contributed by atoms with E-state index in [-0.39, 0.29) is 0 Å². The summed E-state index contributed by atoms with van der Waals surface area (Å²) in [6, 6.07) is 0. The molecule has 1 fully saturated rings. The minimum Gasteiger partial charge on any atom is -0.0884 e. The van der Waals surface area contributed by atoms with Crippen LogP contribution in [0.15, 0.2) is 0 Å². The Hall–Kier alpha value is 0.480. The first-order valence-corrected chi connectivity index (χ1v) is 3.62. The van der Waals surface area contributed by atoms with Crippen LogP contribution in [0.25, 0.3) is 0 Å². The monoisotopic (exact) mass is 160 g/mol. The van der Waals surface area contributed by atoms with E-state index < -0.39 is 0 Å². The van der Waals surface area contributed by atoms with E-state index in [2.05, 4.69) is 28.8 Å². The first-order valence-electron chi connectivity index (χ1n) is 2.70. The summed E-state index contributed by atoms with van der Waals surface area (Å²) in [4.78, 5) is 0.598. The number of hydrogen-bond donors (Lipinski definition) is 0. The van der Waals surface area contributed by atoms with Gasteiger partial charge in [0.15, 0.2) is 0 Å². The van der Waals surface area contributed by atoms with Crippen LogP contribution in [0.1, 0.15) is 19.3 Å². The van der Waals surface area contributed by atoms with E-state index >= 15 is 0 Å². The molecule has 1 aliphatic rings. The van der Waals surface area contributed by atoms with Gasteiger partial charge in [-0.25, -0.2) is 0 Å². The fraction of sp³-hybridized carbons (Fsp3) is 0.667. The van der Waals surface area contributed by atoms with Crippen LogP contribution in [-0.2, 0) is 0 Å². The molecule has 7 heavy (non-hydrogen) atoms. The Balaban J connectivity index is 2.12. The van der Waals surface area contributed by atoms with E-state index in [0.29, 0.717) is 4.83 Å². The zero-order chi connectivity index (χ0) is 5.11. The molecule has 1 saturated carbocycles. The standard InChI is InChI=1S/C6H9Br/c7-6-4-2-1-3-5-6/h4-6H,1-3H2. The van der Waals surface area contributed by atoms with E-state index in [1.165, 1.54) is 19.3 Å². The second-order valence-corrected chi connectivity index (χ2v) is 2.90. The summed E-state index contributed by atoms with van der Waals surface area (Å²) < 4.78 is 0. The van der Waals surface area contributed by atoms with Crippen LogP contribution in [0.5, 0.6) is 0 Å². The fourth-order valence-corrected chi connectivity index (χ4v) is 1.30. The van der Waals surface area contributed by atoms with E-state index in [1.54, 1.807) is 0 Å². The van der Waals surface area contributed by atoms with Gasteiger partial charge in [-0.1, -0.05) is 22.4 Å². The maximum absolute atomic E-state index is 3.48. The molecule has 1 aliphatic carbocycles. The summed E-state index contributed by atoms with van der Waals surface area (Å²) in [6.07, 6.45) is 8.51. The highest BCUT2D eigenvalue weighted by Crippen LogP contribution is 2.21. The van der Waals surface area contributed by atoms with Crippen LogP contribution in [-0.4, -0.2) is 4.83 Å². The molecule has 1 heteroatoms. The smallest absolute Gasteiger partial charge is 0.0208 e. The molecule has 2 radical (unpaired) electrons. The molecular formula is C6H9Br. The number of halogens is 1. The van der Waals surface area contributed by atoms with Gasteiger partial charge in [0.25, 0.3) is 0 Å². The molecule has 0 nitrogen and oxygen atoms in total. The molecule has 0 bridgehead atoms. The van der Waals surface area contributed by atoms with Crippen molar-refractivity contribution < 1.29 is 0 Å². The van der Waals surface area contributed by atoms with E-state index in [9.17, 15) is 0 Å². The average molecular weight is 161 g/mol. The third-order valence-corrected chi connectivity index (χ3v) is 1.94. The van der Waals surface area contributed by atoms with Crippen molar-refractivity contribution >= 4 is 15.9 Å². The molecule has 1 rings (SSSR count). The van der Waals surface area contributed by atoms with Crippen LogP contribution < -0.4 is 0 Å². The Morgan fingerprint density at radius 2 is 1.86 bits per heavy atom. The summed E-state index contributed by atoms with van der Waals surface area (Å²) in [5, 5.41) is 0. The molecule has 0 atom stereocenters. The molecule has 0 aliphatic heterocycles. The lowest BCUT2D eigenvalue weighted by molar-refractivity contribution is 0.712. The van der Waals surface area contributed by atoms with Gasteiger partial charge < -0.3 is 0 Å². The van der Waals surface area contributed by atoms with E-state index in [0.717, 1.165) is 0 Å². The van der Waals surface area contributed by atoms with Gasteiger partial charge in [0.1, 0.15) is 0 Å².